The van der Waals surface area contributed by atoms with Crippen LogP contribution in [-0.2, 0) is 6.54 Å². The van der Waals surface area contributed by atoms with Crippen LogP contribution < -0.4 is 0 Å². The molecule has 31 heavy (non-hydrogen) atoms. The number of aryl methyl sites for hydroxylation is 1. The lowest BCUT2D eigenvalue weighted by Crippen LogP contribution is -2.41. The fourth-order valence-electron chi connectivity index (χ4n) is 3.97. The van der Waals surface area contributed by atoms with Gasteiger partial charge in [0.1, 0.15) is 11.6 Å². The van der Waals surface area contributed by atoms with Crippen molar-refractivity contribution in [2.45, 2.75) is 26.4 Å². The molecule has 0 N–H and O–H groups in total. The molecule has 0 aliphatic carbocycles. The minimum Gasteiger partial charge on any atom is -0.329 e. The van der Waals surface area contributed by atoms with Gasteiger partial charge in [-0.15, -0.1) is 0 Å². The predicted molar refractivity (Wildman–Crippen MR) is 115 cm³/mol. The van der Waals surface area contributed by atoms with Crippen LogP contribution in [0.3, 0.4) is 0 Å². The number of carbonyl (C=O) groups is 1. The van der Waals surface area contributed by atoms with Crippen LogP contribution >= 0.6 is 11.5 Å². The molecule has 0 bridgehead atoms. The summed E-state index contributed by atoms with van der Waals surface area (Å²) < 4.78 is 19.7. The summed E-state index contributed by atoms with van der Waals surface area (Å²) in [4.78, 5) is 28.7. The molecular weight excluding hydrogens is 415 g/mol. The highest BCUT2D eigenvalue weighted by atomic mass is 32.1. The number of fused-ring (bicyclic) bond motifs is 1. The number of halogens is 1. The van der Waals surface area contributed by atoms with Crippen molar-refractivity contribution in [2.24, 2.45) is 0 Å². The Kier molecular flexibility index (Phi) is 4.82. The van der Waals surface area contributed by atoms with Gasteiger partial charge in [0.25, 0.3) is 5.91 Å². The zero-order valence-corrected chi connectivity index (χ0v) is 17.8. The monoisotopic (exact) mass is 434 g/mol. The molecule has 0 saturated heterocycles. The fraction of sp³-hybridized carbons (Fsp3) is 0.227. The van der Waals surface area contributed by atoms with E-state index in [1.54, 1.807) is 17.3 Å². The second-order valence-electron chi connectivity index (χ2n) is 7.39. The van der Waals surface area contributed by atoms with E-state index in [-0.39, 0.29) is 17.8 Å². The predicted octanol–water partition coefficient (Wildman–Crippen LogP) is 4.13. The number of hydrogen-bond acceptors (Lipinski definition) is 6. The quantitative estimate of drug-likeness (QED) is 0.485. The lowest BCUT2D eigenvalue weighted by atomic mass is 10.0. The molecule has 1 unspecified atom stereocenters. The summed E-state index contributed by atoms with van der Waals surface area (Å²) >= 11 is 1.31. The van der Waals surface area contributed by atoms with Crippen LogP contribution in [0, 0.1) is 12.7 Å². The summed E-state index contributed by atoms with van der Waals surface area (Å²) in [6, 6.07) is 9.24. The average Bonchev–Trinajstić information content (AvgIpc) is 3.39. The highest BCUT2D eigenvalue weighted by Crippen LogP contribution is 2.38. The van der Waals surface area contributed by atoms with Crippen LogP contribution in [0.4, 0.5) is 4.39 Å². The van der Waals surface area contributed by atoms with Gasteiger partial charge >= 0.3 is 0 Å². The summed E-state index contributed by atoms with van der Waals surface area (Å²) in [6.07, 6.45) is 3.49. The number of hydrogen-bond donors (Lipinski definition) is 0. The molecular formula is C22H19FN6OS. The first-order chi connectivity index (χ1) is 15.0. The van der Waals surface area contributed by atoms with Crippen molar-refractivity contribution in [1.82, 2.24) is 28.8 Å². The van der Waals surface area contributed by atoms with Crippen LogP contribution in [-0.4, -0.2) is 41.2 Å². The van der Waals surface area contributed by atoms with E-state index in [9.17, 15) is 9.18 Å². The van der Waals surface area contributed by atoms with E-state index in [4.69, 9.17) is 4.98 Å². The lowest BCUT2D eigenvalue weighted by Gasteiger charge is -2.35. The molecule has 4 aromatic rings. The fourth-order valence-corrected chi connectivity index (χ4v) is 4.64. The molecule has 1 aliphatic heterocycles. The van der Waals surface area contributed by atoms with Gasteiger partial charge in [-0.1, -0.05) is 0 Å². The van der Waals surface area contributed by atoms with Crippen molar-refractivity contribution in [3.63, 3.8) is 0 Å². The molecule has 5 rings (SSSR count). The zero-order chi connectivity index (χ0) is 21.5. The van der Waals surface area contributed by atoms with Gasteiger partial charge in [0.2, 0.25) is 0 Å². The number of pyridine rings is 1. The molecule has 1 aliphatic rings. The van der Waals surface area contributed by atoms with Gasteiger partial charge in [-0.3, -0.25) is 9.78 Å². The molecule has 7 nitrogen and oxygen atoms in total. The second-order valence-corrected chi connectivity index (χ2v) is 8.14. The number of imidazole rings is 1. The van der Waals surface area contributed by atoms with Gasteiger partial charge in [0, 0.05) is 36.6 Å². The van der Waals surface area contributed by atoms with Crippen LogP contribution in [0.15, 0.2) is 48.8 Å². The van der Waals surface area contributed by atoms with E-state index in [0.29, 0.717) is 24.5 Å². The van der Waals surface area contributed by atoms with Crippen molar-refractivity contribution in [2.75, 3.05) is 6.54 Å². The summed E-state index contributed by atoms with van der Waals surface area (Å²) in [5.41, 5.74) is 3.04. The summed E-state index contributed by atoms with van der Waals surface area (Å²) in [7, 11) is 0. The summed E-state index contributed by atoms with van der Waals surface area (Å²) in [6.45, 7) is 4.93. The van der Waals surface area contributed by atoms with Crippen molar-refractivity contribution in [1.29, 1.82) is 0 Å². The maximum Gasteiger partial charge on any atom is 0.254 e. The number of rotatable bonds is 3. The summed E-state index contributed by atoms with van der Waals surface area (Å²) in [5.74, 6) is 0.958. The minimum atomic E-state index is -0.364. The maximum atomic E-state index is 13.3. The Bertz CT molecular complexity index is 1250. The first-order valence-corrected chi connectivity index (χ1v) is 10.7. The smallest absolute Gasteiger partial charge is 0.254 e. The third kappa shape index (κ3) is 3.40. The third-order valence-electron chi connectivity index (χ3n) is 5.44. The van der Waals surface area contributed by atoms with Gasteiger partial charge in [0.15, 0.2) is 10.8 Å². The van der Waals surface area contributed by atoms with Gasteiger partial charge in [-0.25, -0.2) is 14.4 Å². The number of amides is 1. The van der Waals surface area contributed by atoms with Gasteiger partial charge < -0.3 is 9.47 Å². The Hall–Kier alpha value is -3.46. The van der Waals surface area contributed by atoms with E-state index in [1.165, 1.54) is 35.8 Å². The van der Waals surface area contributed by atoms with Crippen molar-refractivity contribution in [3.8, 4) is 22.1 Å². The second kappa shape index (κ2) is 7.66. The lowest BCUT2D eigenvalue weighted by molar-refractivity contribution is 0.0645. The number of aromatic nitrogens is 5. The number of nitrogens with zero attached hydrogens (tertiary/aromatic N) is 6. The Morgan fingerprint density at radius 2 is 1.97 bits per heavy atom. The van der Waals surface area contributed by atoms with Crippen LogP contribution in [0.5, 0.6) is 0 Å². The van der Waals surface area contributed by atoms with Gasteiger partial charge in [-0.2, -0.15) is 4.37 Å². The molecule has 0 fully saturated rings. The molecule has 3 aromatic heterocycles. The van der Waals surface area contributed by atoms with Crippen LogP contribution in [0.25, 0.3) is 22.1 Å². The molecule has 0 saturated carbocycles. The minimum absolute atomic E-state index is 0.134. The molecule has 0 radical (unpaired) electrons. The van der Waals surface area contributed by atoms with E-state index in [2.05, 4.69) is 18.9 Å². The number of carbonyl (C=O) groups excluding carboxylic acids is 1. The van der Waals surface area contributed by atoms with E-state index in [0.717, 1.165) is 27.8 Å². The largest absolute Gasteiger partial charge is 0.329 e. The zero-order valence-electron chi connectivity index (χ0n) is 17.0. The summed E-state index contributed by atoms with van der Waals surface area (Å²) in [5, 5.41) is 0.749. The Morgan fingerprint density at radius 3 is 2.65 bits per heavy atom. The van der Waals surface area contributed by atoms with E-state index in [1.807, 2.05) is 26.0 Å². The first kappa shape index (κ1) is 19.5. The molecule has 1 atom stereocenters. The van der Waals surface area contributed by atoms with E-state index >= 15 is 0 Å². The van der Waals surface area contributed by atoms with Gasteiger partial charge in [-0.05, 0) is 61.8 Å². The van der Waals surface area contributed by atoms with Crippen molar-refractivity contribution >= 4 is 17.4 Å². The van der Waals surface area contributed by atoms with Crippen LogP contribution in [0.1, 0.15) is 34.8 Å². The SMILES string of the molecule is Cc1nsc(-c2nc(-c3cccnc3)c3n2CCN(C(=O)c2ccc(F)cc2)C3C)n1. The molecule has 9 heteroatoms. The molecule has 0 spiro atoms. The maximum absolute atomic E-state index is 13.3. The van der Waals surface area contributed by atoms with E-state index < -0.39 is 0 Å². The topological polar surface area (TPSA) is 76.8 Å². The number of benzene rings is 1. The normalized spacial score (nSPS) is 15.7. The third-order valence-corrected chi connectivity index (χ3v) is 6.24. The molecule has 1 amide bonds. The standard InChI is InChI=1S/C22H19FN6OS/c1-13-19-18(16-4-3-9-24-12-16)26-20(21-25-14(2)27-31-21)29(19)11-10-28(13)22(30)15-5-7-17(23)8-6-15/h3-9,12-13H,10-11H2,1-2H3. The highest BCUT2D eigenvalue weighted by molar-refractivity contribution is 7.09. The van der Waals surface area contributed by atoms with Gasteiger partial charge in [0.05, 0.1) is 17.4 Å². The first-order valence-electron chi connectivity index (χ1n) is 9.91. The van der Waals surface area contributed by atoms with Crippen molar-refractivity contribution < 1.29 is 9.18 Å². The average molecular weight is 435 g/mol. The Balaban J connectivity index is 1.61. The Labute approximate surface area is 182 Å². The van der Waals surface area contributed by atoms with Crippen molar-refractivity contribution in [3.05, 3.63) is 71.7 Å². The highest BCUT2D eigenvalue weighted by Gasteiger charge is 2.34. The molecule has 4 heterocycles. The Morgan fingerprint density at radius 1 is 1.16 bits per heavy atom. The molecule has 156 valence electrons. The van der Waals surface area contributed by atoms with Crippen LogP contribution in [0.2, 0.25) is 0 Å². The molecule has 1 aromatic carbocycles.